The number of ether oxygens (including phenoxy) is 2. The zero-order valence-electron chi connectivity index (χ0n) is 9.75. The van der Waals surface area contributed by atoms with Crippen LogP contribution in [0.1, 0.15) is 33.1 Å². The Morgan fingerprint density at radius 1 is 1.21 bits per heavy atom. The van der Waals surface area contributed by atoms with Crippen LogP contribution in [0.15, 0.2) is 0 Å². The summed E-state index contributed by atoms with van der Waals surface area (Å²) in [5.41, 5.74) is 0. The Labute approximate surface area is 87.2 Å². The molecule has 1 aliphatic carbocycles. The highest BCUT2D eigenvalue weighted by Crippen LogP contribution is 2.25. The lowest BCUT2D eigenvalue weighted by molar-refractivity contribution is -0.121. The molecule has 0 aromatic carbocycles. The maximum Gasteiger partial charge on any atom is 0.171 e. The second-order valence-corrected chi connectivity index (χ2v) is 4.31. The Hall–Kier alpha value is -0.120. The average molecular weight is 201 g/mol. The molecule has 3 unspecified atom stereocenters. The molecule has 1 fully saturated rings. The summed E-state index contributed by atoms with van der Waals surface area (Å²) >= 11 is 0. The molecule has 0 amide bonds. The van der Waals surface area contributed by atoms with Crippen molar-refractivity contribution >= 4 is 0 Å². The third-order valence-corrected chi connectivity index (χ3v) is 3.21. The Morgan fingerprint density at radius 2 is 1.86 bits per heavy atom. The normalized spacial score (nSPS) is 29.8. The number of hydrogen-bond donors (Lipinski definition) is 1. The van der Waals surface area contributed by atoms with Crippen molar-refractivity contribution in [3.8, 4) is 0 Å². The van der Waals surface area contributed by atoms with Gasteiger partial charge in [0.15, 0.2) is 6.29 Å². The number of methoxy groups -OCH3 is 2. The molecule has 1 aliphatic rings. The van der Waals surface area contributed by atoms with E-state index in [1.165, 1.54) is 19.3 Å². The topological polar surface area (TPSA) is 30.5 Å². The highest BCUT2D eigenvalue weighted by molar-refractivity contribution is 4.83. The van der Waals surface area contributed by atoms with E-state index in [1.54, 1.807) is 14.2 Å². The van der Waals surface area contributed by atoms with E-state index in [9.17, 15) is 0 Å². The van der Waals surface area contributed by atoms with Crippen LogP contribution < -0.4 is 5.32 Å². The summed E-state index contributed by atoms with van der Waals surface area (Å²) in [6.07, 6.45) is 3.83. The Balaban J connectivity index is 2.34. The van der Waals surface area contributed by atoms with E-state index in [4.69, 9.17) is 9.47 Å². The van der Waals surface area contributed by atoms with Gasteiger partial charge in [0.2, 0.25) is 0 Å². The summed E-state index contributed by atoms with van der Waals surface area (Å²) in [5, 5.41) is 3.58. The van der Waals surface area contributed by atoms with Crippen LogP contribution in [0.5, 0.6) is 0 Å². The van der Waals surface area contributed by atoms with Crippen LogP contribution in [-0.4, -0.2) is 32.6 Å². The second kappa shape index (κ2) is 5.69. The van der Waals surface area contributed by atoms with Crippen molar-refractivity contribution in [2.45, 2.75) is 51.5 Å². The van der Waals surface area contributed by atoms with E-state index in [0.717, 1.165) is 5.92 Å². The Morgan fingerprint density at radius 3 is 2.29 bits per heavy atom. The van der Waals surface area contributed by atoms with Crippen LogP contribution in [0.3, 0.4) is 0 Å². The van der Waals surface area contributed by atoms with Gasteiger partial charge in [0.05, 0.1) is 6.04 Å². The first-order valence-electron chi connectivity index (χ1n) is 5.50. The van der Waals surface area contributed by atoms with Gasteiger partial charge in [-0.25, -0.2) is 0 Å². The van der Waals surface area contributed by atoms with Crippen LogP contribution in [0.25, 0.3) is 0 Å². The summed E-state index contributed by atoms with van der Waals surface area (Å²) in [7, 11) is 3.37. The number of rotatable bonds is 5. The van der Waals surface area contributed by atoms with Gasteiger partial charge in [-0.1, -0.05) is 13.3 Å². The molecule has 0 aromatic rings. The van der Waals surface area contributed by atoms with Crippen molar-refractivity contribution in [1.82, 2.24) is 5.32 Å². The van der Waals surface area contributed by atoms with Crippen LogP contribution >= 0.6 is 0 Å². The lowest BCUT2D eigenvalue weighted by atomic mass is 10.1. The van der Waals surface area contributed by atoms with Crippen molar-refractivity contribution in [1.29, 1.82) is 0 Å². The molecule has 1 saturated carbocycles. The van der Waals surface area contributed by atoms with Crippen molar-refractivity contribution in [3.05, 3.63) is 0 Å². The smallest absolute Gasteiger partial charge is 0.171 e. The van der Waals surface area contributed by atoms with E-state index in [0.29, 0.717) is 6.04 Å². The largest absolute Gasteiger partial charge is 0.354 e. The molecule has 0 bridgehead atoms. The zero-order valence-corrected chi connectivity index (χ0v) is 9.75. The molecule has 3 nitrogen and oxygen atoms in total. The minimum atomic E-state index is -0.136. The molecule has 3 atom stereocenters. The molecule has 3 heteroatoms. The van der Waals surface area contributed by atoms with E-state index >= 15 is 0 Å². The molecule has 1 N–H and O–H groups in total. The standard InChI is InChI=1S/C11H23NO2/c1-8-6-5-7-10(8)12-9(2)11(13-3)14-4/h8-12H,5-7H2,1-4H3. The first-order chi connectivity index (χ1) is 6.69. The van der Waals surface area contributed by atoms with Crippen molar-refractivity contribution in [3.63, 3.8) is 0 Å². The van der Waals surface area contributed by atoms with Crippen LogP contribution in [-0.2, 0) is 9.47 Å². The van der Waals surface area contributed by atoms with Crippen molar-refractivity contribution < 1.29 is 9.47 Å². The van der Waals surface area contributed by atoms with Gasteiger partial charge >= 0.3 is 0 Å². The van der Waals surface area contributed by atoms with Crippen LogP contribution in [0.4, 0.5) is 0 Å². The van der Waals surface area contributed by atoms with Gasteiger partial charge in [-0.05, 0) is 25.7 Å². The fraction of sp³-hybridized carbons (Fsp3) is 1.00. The molecule has 0 saturated heterocycles. The molecular formula is C11H23NO2. The maximum atomic E-state index is 5.22. The third-order valence-electron chi connectivity index (χ3n) is 3.21. The highest BCUT2D eigenvalue weighted by atomic mass is 16.7. The summed E-state index contributed by atoms with van der Waals surface area (Å²) in [5.74, 6) is 0.784. The fourth-order valence-electron chi connectivity index (χ4n) is 2.31. The van der Waals surface area contributed by atoms with E-state index in [1.807, 2.05) is 0 Å². The lowest BCUT2D eigenvalue weighted by Gasteiger charge is -2.27. The lowest BCUT2D eigenvalue weighted by Crippen LogP contribution is -2.46. The Bertz CT molecular complexity index is 159. The molecule has 0 aromatic heterocycles. The van der Waals surface area contributed by atoms with E-state index in [2.05, 4.69) is 19.2 Å². The minimum Gasteiger partial charge on any atom is -0.354 e. The SMILES string of the molecule is COC(OC)C(C)NC1CCCC1C. The fourth-order valence-corrected chi connectivity index (χ4v) is 2.31. The molecular weight excluding hydrogens is 178 g/mol. The summed E-state index contributed by atoms with van der Waals surface area (Å²) < 4.78 is 10.4. The van der Waals surface area contributed by atoms with Gasteiger partial charge in [-0.3, -0.25) is 0 Å². The van der Waals surface area contributed by atoms with Crippen LogP contribution in [0, 0.1) is 5.92 Å². The summed E-state index contributed by atoms with van der Waals surface area (Å²) in [6.45, 7) is 4.43. The van der Waals surface area contributed by atoms with Gasteiger partial charge in [-0.2, -0.15) is 0 Å². The molecule has 0 spiro atoms. The third kappa shape index (κ3) is 2.94. The minimum absolute atomic E-state index is 0.136. The van der Waals surface area contributed by atoms with E-state index in [-0.39, 0.29) is 12.3 Å². The molecule has 14 heavy (non-hydrogen) atoms. The van der Waals surface area contributed by atoms with Crippen LogP contribution in [0.2, 0.25) is 0 Å². The molecule has 0 radical (unpaired) electrons. The summed E-state index contributed by atoms with van der Waals surface area (Å²) in [6, 6.07) is 0.897. The molecule has 0 heterocycles. The highest BCUT2D eigenvalue weighted by Gasteiger charge is 2.26. The number of hydrogen-bond acceptors (Lipinski definition) is 3. The van der Waals surface area contributed by atoms with Crippen molar-refractivity contribution in [2.24, 2.45) is 5.92 Å². The van der Waals surface area contributed by atoms with E-state index < -0.39 is 0 Å². The molecule has 84 valence electrons. The average Bonchev–Trinajstić information content (AvgIpc) is 2.54. The van der Waals surface area contributed by atoms with Gasteiger partial charge < -0.3 is 14.8 Å². The molecule has 1 rings (SSSR count). The number of nitrogens with one attached hydrogen (secondary N) is 1. The summed E-state index contributed by atoms with van der Waals surface area (Å²) in [4.78, 5) is 0. The molecule has 0 aliphatic heterocycles. The monoisotopic (exact) mass is 201 g/mol. The predicted molar refractivity (Wildman–Crippen MR) is 57.2 cm³/mol. The first-order valence-corrected chi connectivity index (χ1v) is 5.50. The Kier molecular flexibility index (Phi) is 4.85. The van der Waals surface area contributed by atoms with Gasteiger partial charge in [0.1, 0.15) is 0 Å². The van der Waals surface area contributed by atoms with Gasteiger partial charge in [0, 0.05) is 20.3 Å². The predicted octanol–water partition coefficient (Wildman–Crippen LogP) is 1.77. The zero-order chi connectivity index (χ0) is 10.6. The first kappa shape index (κ1) is 12.0. The van der Waals surface area contributed by atoms with Gasteiger partial charge in [0.25, 0.3) is 0 Å². The van der Waals surface area contributed by atoms with Gasteiger partial charge in [-0.15, -0.1) is 0 Å². The van der Waals surface area contributed by atoms with Crippen molar-refractivity contribution in [2.75, 3.05) is 14.2 Å². The maximum absolute atomic E-state index is 5.22. The second-order valence-electron chi connectivity index (χ2n) is 4.31. The quantitative estimate of drug-likeness (QED) is 0.688.